The van der Waals surface area contributed by atoms with E-state index >= 15 is 0 Å². The first-order valence-corrected chi connectivity index (χ1v) is 10.1. The fourth-order valence-corrected chi connectivity index (χ4v) is 4.82. The maximum atomic E-state index is 6.10. The number of hydrogen-bond acceptors (Lipinski definition) is 2. The third kappa shape index (κ3) is 3.50. The number of hydrogen-bond donors (Lipinski definition) is 0. The highest BCUT2D eigenvalue weighted by Gasteiger charge is 2.21. The van der Waals surface area contributed by atoms with Crippen molar-refractivity contribution in [1.29, 1.82) is 0 Å². The molecule has 1 aliphatic rings. The van der Waals surface area contributed by atoms with E-state index in [0.717, 1.165) is 24.5 Å². The monoisotopic (exact) mass is 379 g/mol. The second-order valence-electron chi connectivity index (χ2n) is 6.90. The Balaban J connectivity index is 1.82. The zero-order valence-corrected chi connectivity index (χ0v) is 16.7. The predicted molar refractivity (Wildman–Crippen MR) is 115 cm³/mol. The van der Waals surface area contributed by atoms with Crippen LogP contribution in [-0.2, 0) is 0 Å². The van der Waals surface area contributed by atoms with Crippen LogP contribution in [0.4, 0.5) is 0 Å². The van der Waals surface area contributed by atoms with Crippen LogP contribution in [0.3, 0.4) is 0 Å². The zero-order valence-electron chi connectivity index (χ0n) is 15.1. The van der Waals surface area contributed by atoms with Crippen LogP contribution in [0, 0.1) is 6.92 Å². The Labute approximate surface area is 164 Å². The van der Waals surface area contributed by atoms with Gasteiger partial charge in [0.2, 0.25) is 0 Å². The molecule has 26 heavy (non-hydrogen) atoms. The summed E-state index contributed by atoms with van der Waals surface area (Å²) in [7, 11) is 2.20. The molecular formula is C23H22ClNS. The number of aryl methyl sites for hydroxylation is 1. The summed E-state index contributed by atoms with van der Waals surface area (Å²) in [6.07, 6.45) is 1.08. The smallest absolute Gasteiger partial charge is 0.0406 e. The van der Waals surface area contributed by atoms with Crippen molar-refractivity contribution in [2.45, 2.75) is 13.3 Å². The molecule has 0 amide bonds. The van der Waals surface area contributed by atoms with Crippen molar-refractivity contribution in [3.8, 4) is 10.4 Å². The molecule has 0 saturated heterocycles. The van der Waals surface area contributed by atoms with Gasteiger partial charge in [-0.25, -0.2) is 0 Å². The maximum absolute atomic E-state index is 6.10. The lowest BCUT2D eigenvalue weighted by Gasteiger charge is -2.28. The average Bonchev–Trinajstić information content (AvgIpc) is 3.05. The second-order valence-corrected chi connectivity index (χ2v) is 8.59. The first kappa shape index (κ1) is 17.5. The Bertz CT molecular complexity index is 938. The third-order valence-electron chi connectivity index (χ3n) is 5.03. The summed E-state index contributed by atoms with van der Waals surface area (Å²) in [4.78, 5) is 5.14. The van der Waals surface area contributed by atoms with Gasteiger partial charge in [0.25, 0.3) is 0 Å². The Kier molecular flexibility index (Phi) is 4.99. The van der Waals surface area contributed by atoms with Gasteiger partial charge in [-0.1, -0.05) is 54.1 Å². The van der Waals surface area contributed by atoms with Gasteiger partial charge in [-0.2, -0.15) is 0 Å². The van der Waals surface area contributed by atoms with Gasteiger partial charge in [-0.15, -0.1) is 11.3 Å². The molecule has 3 heteroatoms. The van der Waals surface area contributed by atoms with Gasteiger partial charge in [-0.3, -0.25) is 0 Å². The molecule has 0 saturated carbocycles. The number of thiophene rings is 1. The molecule has 132 valence electrons. The van der Waals surface area contributed by atoms with Crippen molar-refractivity contribution >= 4 is 34.1 Å². The first-order chi connectivity index (χ1) is 12.6. The van der Waals surface area contributed by atoms with Crippen LogP contribution in [0.1, 0.15) is 22.4 Å². The molecule has 2 aromatic carbocycles. The topological polar surface area (TPSA) is 3.24 Å². The number of benzene rings is 2. The Morgan fingerprint density at radius 2 is 1.65 bits per heavy atom. The van der Waals surface area contributed by atoms with Crippen molar-refractivity contribution in [1.82, 2.24) is 4.90 Å². The van der Waals surface area contributed by atoms with Gasteiger partial charge < -0.3 is 4.90 Å². The van der Waals surface area contributed by atoms with E-state index in [-0.39, 0.29) is 0 Å². The highest BCUT2D eigenvalue weighted by Crippen LogP contribution is 2.40. The van der Waals surface area contributed by atoms with Crippen molar-refractivity contribution < 1.29 is 0 Å². The molecule has 1 aliphatic heterocycles. The zero-order chi connectivity index (χ0) is 18.1. The summed E-state index contributed by atoms with van der Waals surface area (Å²) < 4.78 is 0. The van der Waals surface area contributed by atoms with Gasteiger partial charge in [0.15, 0.2) is 0 Å². The minimum absolute atomic E-state index is 0.790. The fraction of sp³-hybridized carbons (Fsp3) is 0.217. The SMILES string of the molecule is Cc1sc(-c2ccccc2)cc1C1=C(c2ccc(Cl)cc2)CN(C)CC1. The highest BCUT2D eigenvalue weighted by atomic mass is 35.5. The van der Waals surface area contributed by atoms with E-state index in [0.29, 0.717) is 0 Å². The predicted octanol–water partition coefficient (Wildman–Crippen LogP) is 6.62. The van der Waals surface area contributed by atoms with Crippen molar-refractivity contribution in [3.05, 3.63) is 81.7 Å². The number of likely N-dealkylation sites (N-methyl/N-ethyl adjacent to an activating group) is 1. The van der Waals surface area contributed by atoms with E-state index in [1.54, 1.807) is 0 Å². The minimum atomic E-state index is 0.790. The van der Waals surface area contributed by atoms with Crippen LogP contribution in [0.25, 0.3) is 21.6 Å². The summed E-state index contributed by atoms with van der Waals surface area (Å²) in [5, 5.41) is 0.790. The summed E-state index contributed by atoms with van der Waals surface area (Å²) in [6, 6.07) is 21.3. The van der Waals surface area contributed by atoms with Crippen LogP contribution >= 0.6 is 22.9 Å². The standard InChI is InChI=1S/C23H22ClNS/c1-16-21(14-23(26-16)18-6-4-3-5-7-18)20-12-13-25(2)15-22(20)17-8-10-19(24)11-9-17/h3-11,14H,12-13,15H2,1-2H3. The number of rotatable bonds is 3. The fourth-order valence-electron chi connectivity index (χ4n) is 3.64. The summed E-state index contributed by atoms with van der Waals surface area (Å²) in [5.41, 5.74) is 6.90. The first-order valence-electron chi connectivity index (χ1n) is 8.94. The number of nitrogens with zero attached hydrogens (tertiary/aromatic N) is 1. The molecular weight excluding hydrogens is 358 g/mol. The largest absolute Gasteiger partial charge is 0.302 e. The van der Waals surface area contributed by atoms with Gasteiger partial charge >= 0.3 is 0 Å². The van der Waals surface area contributed by atoms with Crippen LogP contribution < -0.4 is 0 Å². The molecule has 0 aliphatic carbocycles. The van der Waals surface area contributed by atoms with Crippen molar-refractivity contribution in [2.75, 3.05) is 20.1 Å². The molecule has 0 atom stereocenters. The van der Waals surface area contributed by atoms with E-state index < -0.39 is 0 Å². The normalized spacial score (nSPS) is 15.5. The Morgan fingerprint density at radius 1 is 0.923 bits per heavy atom. The quantitative estimate of drug-likeness (QED) is 0.494. The molecule has 1 nitrogen and oxygen atoms in total. The van der Waals surface area contributed by atoms with E-state index in [2.05, 4.69) is 67.4 Å². The Morgan fingerprint density at radius 3 is 2.38 bits per heavy atom. The molecule has 3 aromatic rings. The van der Waals surface area contributed by atoms with Crippen LogP contribution in [-0.4, -0.2) is 25.0 Å². The molecule has 0 bridgehead atoms. The molecule has 1 aromatic heterocycles. The average molecular weight is 380 g/mol. The lowest BCUT2D eigenvalue weighted by atomic mass is 9.89. The second kappa shape index (κ2) is 7.40. The minimum Gasteiger partial charge on any atom is -0.302 e. The molecule has 0 unspecified atom stereocenters. The third-order valence-corrected chi connectivity index (χ3v) is 6.38. The van der Waals surface area contributed by atoms with Crippen molar-refractivity contribution in [3.63, 3.8) is 0 Å². The van der Waals surface area contributed by atoms with Crippen LogP contribution in [0.2, 0.25) is 5.02 Å². The number of halogens is 1. The van der Waals surface area contributed by atoms with E-state index in [9.17, 15) is 0 Å². The Hall–Kier alpha value is -1.87. The highest BCUT2D eigenvalue weighted by molar-refractivity contribution is 7.15. The molecule has 4 rings (SSSR count). The van der Waals surface area contributed by atoms with E-state index in [4.69, 9.17) is 11.6 Å². The van der Waals surface area contributed by atoms with Gasteiger partial charge in [0.05, 0.1) is 0 Å². The molecule has 0 radical (unpaired) electrons. The summed E-state index contributed by atoms with van der Waals surface area (Å²) in [6.45, 7) is 4.33. The van der Waals surface area contributed by atoms with Gasteiger partial charge in [0, 0.05) is 27.9 Å². The van der Waals surface area contributed by atoms with Crippen LogP contribution in [0.15, 0.2) is 60.7 Å². The van der Waals surface area contributed by atoms with Gasteiger partial charge in [0.1, 0.15) is 0 Å². The molecule has 0 fully saturated rings. The summed E-state index contributed by atoms with van der Waals surface area (Å²) in [5.74, 6) is 0. The molecule has 0 N–H and O–H groups in total. The van der Waals surface area contributed by atoms with E-state index in [1.807, 2.05) is 23.5 Å². The van der Waals surface area contributed by atoms with E-state index in [1.165, 1.54) is 37.6 Å². The lowest BCUT2D eigenvalue weighted by Crippen LogP contribution is -2.27. The summed E-state index contributed by atoms with van der Waals surface area (Å²) >= 11 is 8.00. The maximum Gasteiger partial charge on any atom is 0.0406 e. The lowest BCUT2D eigenvalue weighted by molar-refractivity contribution is 0.376. The van der Waals surface area contributed by atoms with Gasteiger partial charge in [-0.05, 0) is 66.4 Å². The molecule has 2 heterocycles. The van der Waals surface area contributed by atoms with Crippen molar-refractivity contribution in [2.24, 2.45) is 0 Å². The van der Waals surface area contributed by atoms with Crippen LogP contribution in [0.5, 0.6) is 0 Å². The molecule has 0 spiro atoms.